The van der Waals surface area contributed by atoms with E-state index in [2.05, 4.69) is 20.9 Å². The third-order valence-corrected chi connectivity index (χ3v) is 3.23. The van der Waals surface area contributed by atoms with Crippen LogP contribution in [0.5, 0.6) is 11.5 Å². The molecule has 2 aromatic carbocycles. The number of hydrogen-bond donors (Lipinski definition) is 1. The average Bonchev–Trinajstić information content (AvgIpc) is 2.79. The standard InChI is InChI=1S/C14H10BrNO/c15-13-8-11(9-14-12(13)6-7-16-14)17-10-4-2-1-3-5-10/h1-9,16H. The molecule has 1 aromatic heterocycles. The zero-order valence-electron chi connectivity index (χ0n) is 8.98. The van der Waals surface area contributed by atoms with E-state index in [0.29, 0.717) is 0 Å². The van der Waals surface area contributed by atoms with Gasteiger partial charge in [-0.05, 0) is 40.2 Å². The van der Waals surface area contributed by atoms with E-state index in [0.717, 1.165) is 26.9 Å². The number of benzene rings is 2. The molecule has 0 aliphatic heterocycles. The molecule has 0 unspecified atom stereocenters. The summed E-state index contributed by atoms with van der Waals surface area (Å²) in [7, 11) is 0. The van der Waals surface area contributed by atoms with Gasteiger partial charge in [0.25, 0.3) is 0 Å². The fourth-order valence-electron chi connectivity index (χ4n) is 1.78. The molecular formula is C14H10BrNO. The van der Waals surface area contributed by atoms with Gasteiger partial charge in [-0.1, -0.05) is 18.2 Å². The lowest BCUT2D eigenvalue weighted by atomic mass is 10.2. The van der Waals surface area contributed by atoms with Crippen LogP contribution in [0.1, 0.15) is 0 Å². The summed E-state index contributed by atoms with van der Waals surface area (Å²) in [6.07, 6.45) is 1.92. The number of halogens is 1. The number of para-hydroxylation sites is 1. The van der Waals surface area contributed by atoms with Gasteiger partial charge in [0.05, 0.1) is 5.52 Å². The molecular weight excluding hydrogens is 278 g/mol. The van der Waals surface area contributed by atoms with E-state index in [4.69, 9.17) is 4.74 Å². The molecule has 0 saturated carbocycles. The van der Waals surface area contributed by atoms with Gasteiger partial charge in [-0.3, -0.25) is 0 Å². The molecule has 0 amide bonds. The number of aromatic amines is 1. The van der Waals surface area contributed by atoms with Crippen LogP contribution in [0.15, 0.2) is 59.2 Å². The lowest BCUT2D eigenvalue weighted by Gasteiger charge is -2.06. The minimum atomic E-state index is 0.818. The van der Waals surface area contributed by atoms with Gasteiger partial charge in [0.1, 0.15) is 11.5 Å². The first-order valence-electron chi connectivity index (χ1n) is 5.32. The first-order chi connectivity index (χ1) is 8.33. The molecule has 84 valence electrons. The van der Waals surface area contributed by atoms with Gasteiger partial charge in [0, 0.05) is 22.1 Å². The molecule has 0 bridgehead atoms. The summed E-state index contributed by atoms with van der Waals surface area (Å²) >= 11 is 3.54. The fraction of sp³-hybridized carbons (Fsp3) is 0. The van der Waals surface area contributed by atoms with Crippen molar-refractivity contribution < 1.29 is 4.74 Å². The molecule has 3 heteroatoms. The smallest absolute Gasteiger partial charge is 0.130 e. The summed E-state index contributed by atoms with van der Waals surface area (Å²) in [6.45, 7) is 0. The Morgan fingerprint density at radius 3 is 2.59 bits per heavy atom. The highest BCUT2D eigenvalue weighted by Crippen LogP contribution is 2.31. The molecule has 1 heterocycles. The minimum Gasteiger partial charge on any atom is -0.457 e. The van der Waals surface area contributed by atoms with Crippen molar-refractivity contribution in [2.75, 3.05) is 0 Å². The second kappa shape index (κ2) is 4.26. The van der Waals surface area contributed by atoms with Crippen molar-refractivity contribution in [1.82, 2.24) is 4.98 Å². The normalized spacial score (nSPS) is 10.6. The van der Waals surface area contributed by atoms with Crippen LogP contribution in [-0.4, -0.2) is 4.98 Å². The maximum atomic E-state index is 5.79. The average molecular weight is 288 g/mol. The molecule has 2 nitrogen and oxygen atoms in total. The lowest BCUT2D eigenvalue weighted by Crippen LogP contribution is -1.84. The van der Waals surface area contributed by atoms with E-state index in [-0.39, 0.29) is 0 Å². The lowest BCUT2D eigenvalue weighted by molar-refractivity contribution is 0.483. The Morgan fingerprint density at radius 2 is 1.76 bits per heavy atom. The predicted octanol–water partition coefficient (Wildman–Crippen LogP) is 4.72. The van der Waals surface area contributed by atoms with Crippen molar-refractivity contribution >= 4 is 26.8 Å². The molecule has 0 aliphatic rings. The maximum absolute atomic E-state index is 5.79. The van der Waals surface area contributed by atoms with Crippen LogP contribution < -0.4 is 4.74 Å². The van der Waals surface area contributed by atoms with Gasteiger partial charge in [0.15, 0.2) is 0 Å². The highest BCUT2D eigenvalue weighted by atomic mass is 79.9. The quantitative estimate of drug-likeness (QED) is 0.725. The van der Waals surface area contributed by atoms with Gasteiger partial charge >= 0.3 is 0 Å². The van der Waals surface area contributed by atoms with Crippen LogP contribution in [0.2, 0.25) is 0 Å². The van der Waals surface area contributed by atoms with E-state index in [9.17, 15) is 0 Å². The summed E-state index contributed by atoms with van der Waals surface area (Å²) < 4.78 is 6.82. The van der Waals surface area contributed by atoms with Gasteiger partial charge in [0.2, 0.25) is 0 Å². The van der Waals surface area contributed by atoms with Crippen molar-refractivity contribution in [1.29, 1.82) is 0 Å². The van der Waals surface area contributed by atoms with Crippen molar-refractivity contribution in [2.45, 2.75) is 0 Å². The Kier molecular flexibility index (Phi) is 2.61. The van der Waals surface area contributed by atoms with Gasteiger partial charge < -0.3 is 9.72 Å². The topological polar surface area (TPSA) is 25.0 Å². The highest BCUT2D eigenvalue weighted by Gasteiger charge is 2.04. The van der Waals surface area contributed by atoms with Crippen LogP contribution in [0.25, 0.3) is 10.9 Å². The number of H-pyrrole nitrogens is 1. The Labute approximate surface area is 107 Å². The number of hydrogen-bond acceptors (Lipinski definition) is 1. The van der Waals surface area contributed by atoms with Gasteiger partial charge in [-0.2, -0.15) is 0 Å². The molecule has 0 fully saturated rings. The SMILES string of the molecule is Brc1cc(Oc2ccccc2)cc2[nH]ccc12. The minimum absolute atomic E-state index is 0.818. The van der Waals surface area contributed by atoms with E-state index in [1.54, 1.807) is 0 Å². The second-order valence-corrected chi connectivity index (χ2v) is 4.61. The van der Waals surface area contributed by atoms with Crippen molar-refractivity contribution in [3.05, 3.63) is 59.2 Å². The molecule has 0 spiro atoms. The van der Waals surface area contributed by atoms with Gasteiger partial charge in [-0.15, -0.1) is 0 Å². The van der Waals surface area contributed by atoms with Crippen LogP contribution >= 0.6 is 15.9 Å². The molecule has 0 atom stereocenters. The number of fused-ring (bicyclic) bond motifs is 1. The number of ether oxygens (including phenoxy) is 1. The predicted molar refractivity (Wildman–Crippen MR) is 72.5 cm³/mol. The first kappa shape index (κ1) is 10.4. The Bertz CT molecular complexity index is 646. The third-order valence-electron chi connectivity index (χ3n) is 2.57. The molecule has 0 radical (unpaired) electrons. The highest BCUT2D eigenvalue weighted by molar-refractivity contribution is 9.10. The molecule has 1 N–H and O–H groups in total. The number of rotatable bonds is 2. The Balaban J connectivity index is 2.01. The number of aromatic nitrogens is 1. The van der Waals surface area contributed by atoms with Crippen LogP contribution in [-0.2, 0) is 0 Å². The molecule has 0 saturated heterocycles. The van der Waals surface area contributed by atoms with E-state index >= 15 is 0 Å². The second-order valence-electron chi connectivity index (χ2n) is 3.76. The first-order valence-corrected chi connectivity index (χ1v) is 6.12. The Morgan fingerprint density at radius 1 is 0.941 bits per heavy atom. The summed E-state index contributed by atoms with van der Waals surface area (Å²) in [4.78, 5) is 3.18. The van der Waals surface area contributed by atoms with Crippen molar-refractivity contribution in [2.24, 2.45) is 0 Å². The summed E-state index contributed by atoms with van der Waals surface area (Å²) in [5, 5.41) is 1.16. The maximum Gasteiger partial charge on any atom is 0.130 e. The zero-order chi connectivity index (χ0) is 11.7. The molecule has 0 aliphatic carbocycles. The third kappa shape index (κ3) is 2.06. The van der Waals surface area contributed by atoms with Crippen LogP contribution in [0, 0.1) is 0 Å². The summed E-state index contributed by atoms with van der Waals surface area (Å²) in [5.41, 5.74) is 1.06. The summed E-state index contributed by atoms with van der Waals surface area (Å²) in [6, 6.07) is 15.8. The van der Waals surface area contributed by atoms with Crippen molar-refractivity contribution in [3.63, 3.8) is 0 Å². The van der Waals surface area contributed by atoms with Crippen molar-refractivity contribution in [3.8, 4) is 11.5 Å². The zero-order valence-corrected chi connectivity index (χ0v) is 10.6. The molecule has 17 heavy (non-hydrogen) atoms. The van der Waals surface area contributed by atoms with Crippen LogP contribution in [0.3, 0.4) is 0 Å². The van der Waals surface area contributed by atoms with Gasteiger partial charge in [-0.25, -0.2) is 0 Å². The molecule has 3 aromatic rings. The van der Waals surface area contributed by atoms with E-state index in [1.807, 2.05) is 54.7 Å². The van der Waals surface area contributed by atoms with Crippen LogP contribution in [0.4, 0.5) is 0 Å². The largest absolute Gasteiger partial charge is 0.457 e. The summed E-state index contributed by atoms with van der Waals surface area (Å²) in [5.74, 6) is 1.66. The van der Waals surface area contributed by atoms with E-state index < -0.39 is 0 Å². The number of nitrogens with one attached hydrogen (secondary N) is 1. The Hall–Kier alpha value is -1.74. The fourth-order valence-corrected chi connectivity index (χ4v) is 2.35. The monoisotopic (exact) mass is 287 g/mol. The molecule has 3 rings (SSSR count). The van der Waals surface area contributed by atoms with E-state index in [1.165, 1.54) is 0 Å².